The Hall–Kier alpha value is -1.49. The van der Waals surface area contributed by atoms with Crippen LogP contribution in [0.4, 0.5) is 0 Å². The molecule has 0 radical (unpaired) electrons. The zero-order valence-electron chi connectivity index (χ0n) is 13.1. The quantitative estimate of drug-likeness (QED) is 0.850. The van der Waals surface area contributed by atoms with Gasteiger partial charge in [0.1, 0.15) is 18.5 Å². The molecule has 4 nitrogen and oxygen atoms in total. The maximum Gasteiger partial charge on any atom is 0.128 e. The van der Waals surface area contributed by atoms with E-state index in [1.807, 2.05) is 12.1 Å². The number of nitrogens with one attached hydrogen (secondary N) is 1. The molecule has 0 aliphatic carbocycles. The Labute approximate surface area is 136 Å². The van der Waals surface area contributed by atoms with Gasteiger partial charge in [0.2, 0.25) is 0 Å². The van der Waals surface area contributed by atoms with Crippen molar-refractivity contribution in [3.05, 3.63) is 41.8 Å². The first-order valence-corrected chi connectivity index (χ1v) is 7.61. The van der Waals surface area contributed by atoms with Crippen LogP contribution in [0, 0.1) is 0 Å². The van der Waals surface area contributed by atoms with E-state index in [2.05, 4.69) is 26.1 Å². The first-order chi connectivity index (χ1) is 10.3. The fourth-order valence-corrected chi connectivity index (χ4v) is 2.10. The van der Waals surface area contributed by atoms with E-state index in [1.165, 1.54) is 0 Å². The predicted octanol–water partition coefficient (Wildman–Crippen LogP) is 3.73. The molecular weight excluding hydrogens is 302 g/mol. The third-order valence-corrected chi connectivity index (χ3v) is 3.31. The van der Waals surface area contributed by atoms with E-state index in [0.717, 1.165) is 11.1 Å². The van der Waals surface area contributed by atoms with Crippen molar-refractivity contribution in [1.29, 1.82) is 0 Å². The largest absolute Gasteiger partial charge is 0.490 e. The van der Waals surface area contributed by atoms with Crippen LogP contribution in [0.5, 0.6) is 5.75 Å². The summed E-state index contributed by atoms with van der Waals surface area (Å²) in [7, 11) is 0. The van der Waals surface area contributed by atoms with Crippen molar-refractivity contribution in [2.45, 2.75) is 32.4 Å². The Kier molecular flexibility index (Phi) is 5.51. The van der Waals surface area contributed by atoms with Crippen LogP contribution in [-0.4, -0.2) is 29.9 Å². The van der Waals surface area contributed by atoms with E-state index >= 15 is 0 Å². The van der Waals surface area contributed by atoms with E-state index < -0.39 is 6.10 Å². The van der Waals surface area contributed by atoms with Gasteiger partial charge in [-0.2, -0.15) is 0 Å². The van der Waals surface area contributed by atoms with Gasteiger partial charge >= 0.3 is 0 Å². The average Bonchev–Trinajstić information content (AvgIpc) is 2.96. The van der Waals surface area contributed by atoms with Gasteiger partial charge in [-0.05, 0) is 45.0 Å². The molecule has 0 aliphatic rings. The lowest BCUT2D eigenvalue weighted by Crippen LogP contribution is -2.42. The first-order valence-electron chi connectivity index (χ1n) is 7.23. The zero-order valence-corrected chi connectivity index (χ0v) is 13.9. The lowest BCUT2D eigenvalue weighted by atomic mass is 10.1. The zero-order chi connectivity index (χ0) is 16.2. The summed E-state index contributed by atoms with van der Waals surface area (Å²) in [6, 6.07) is 7.28. The third kappa shape index (κ3) is 5.05. The molecule has 0 amide bonds. The minimum atomic E-state index is -0.601. The average molecular weight is 324 g/mol. The van der Waals surface area contributed by atoms with Crippen LogP contribution < -0.4 is 10.1 Å². The van der Waals surface area contributed by atoms with E-state index in [1.54, 1.807) is 24.7 Å². The number of halogens is 1. The fourth-order valence-electron chi connectivity index (χ4n) is 1.94. The standard InChI is InChI=1S/C17H22ClNO3/c1-17(2,3)19-9-14(20)11-22-16-8-13(18)4-5-15(16)12-6-7-21-10-12/h4-8,10,14,19-20H,9,11H2,1-3H3. The van der Waals surface area contributed by atoms with Crippen LogP contribution in [0.3, 0.4) is 0 Å². The maximum absolute atomic E-state index is 10.0. The molecule has 2 N–H and O–H groups in total. The van der Waals surface area contributed by atoms with Crippen LogP contribution in [0.2, 0.25) is 5.02 Å². The molecule has 2 aromatic rings. The summed E-state index contributed by atoms with van der Waals surface area (Å²) in [4.78, 5) is 0. The van der Waals surface area contributed by atoms with Gasteiger partial charge < -0.3 is 19.6 Å². The van der Waals surface area contributed by atoms with Gasteiger partial charge in [-0.1, -0.05) is 11.6 Å². The van der Waals surface area contributed by atoms with Gasteiger partial charge in [-0.3, -0.25) is 0 Å². The van der Waals surface area contributed by atoms with Crippen molar-refractivity contribution >= 4 is 11.6 Å². The Morgan fingerprint density at radius 2 is 2.09 bits per heavy atom. The molecule has 1 aromatic heterocycles. The molecule has 0 saturated heterocycles. The molecule has 0 bridgehead atoms. The molecule has 0 spiro atoms. The van der Waals surface area contributed by atoms with E-state index in [9.17, 15) is 5.11 Å². The molecule has 2 rings (SSSR count). The van der Waals surface area contributed by atoms with E-state index in [4.69, 9.17) is 20.8 Å². The lowest BCUT2D eigenvalue weighted by molar-refractivity contribution is 0.100. The first kappa shape index (κ1) is 16.9. The van der Waals surface area contributed by atoms with E-state index in [-0.39, 0.29) is 12.1 Å². The minimum absolute atomic E-state index is 0.0427. The van der Waals surface area contributed by atoms with Gasteiger partial charge in [-0.25, -0.2) is 0 Å². The normalized spacial score (nSPS) is 13.1. The number of furan rings is 1. The highest BCUT2D eigenvalue weighted by atomic mass is 35.5. The molecule has 0 aliphatic heterocycles. The molecule has 5 heteroatoms. The van der Waals surface area contributed by atoms with Crippen molar-refractivity contribution in [3.8, 4) is 16.9 Å². The second-order valence-electron chi connectivity index (χ2n) is 6.25. The predicted molar refractivity (Wildman–Crippen MR) is 88.4 cm³/mol. The number of benzene rings is 1. The van der Waals surface area contributed by atoms with Crippen molar-refractivity contribution < 1.29 is 14.3 Å². The van der Waals surface area contributed by atoms with Gasteiger partial charge in [0, 0.05) is 28.2 Å². The Balaban J connectivity index is 2.02. The van der Waals surface area contributed by atoms with Crippen molar-refractivity contribution in [3.63, 3.8) is 0 Å². The van der Waals surface area contributed by atoms with Gasteiger partial charge in [0.25, 0.3) is 0 Å². The SMILES string of the molecule is CC(C)(C)NCC(O)COc1cc(Cl)ccc1-c1ccoc1. The van der Waals surface area contributed by atoms with Crippen LogP contribution in [-0.2, 0) is 0 Å². The van der Waals surface area contributed by atoms with Crippen LogP contribution in [0.25, 0.3) is 11.1 Å². The highest BCUT2D eigenvalue weighted by Gasteiger charge is 2.14. The molecule has 1 aromatic carbocycles. The summed E-state index contributed by atoms with van der Waals surface area (Å²) in [5.41, 5.74) is 1.75. The maximum atomic E-state index is 10.0. The van der Waals surface area contributed by atoms with Gasteiger partial charge in [0.05, 0.1) is 12.5 Å². The summed E-state index contributed by atoms with van der Waals surface area (Å²) in [5, 5.41) is 13.9. The number of β-amino-alcohol motifs (C(OH)–C–C–N with tert-alkyl or cyclic N) is 1. The third-order valence-electron chi connectivity index (χ3n) is 3.08. The molecule has 1 atom stereocenters. The Morgan fingerprint density at radius 1 is 1.32 bits per heavy atom. The molecule has 1 heterocycles. The number of aliphatic hydroxyl groups is 1. The Bertz CT molecular complexity index is 590. The summed E-state index contributed by atoms with van der Waals surface area (Å²) in [6.07, 6.45) is 2.65. The van der Waals surface area contributed by atoms with Gasteiger partial charge in [0.15, 0.2) is 0 Å². The smallest absolute Gasteiger partial charge is 0.128 e. The number of hydrogen-bond acceptors (Lipinski definition) is 4. The second-order valence-corrected chi connectivity index (χ2v) is 6.68. The number of hydrogen-bond donors (Lipinski definition) is 2. The van der Waals surface area contributed by atoms with Crippen LogP contribution >= 0.6 is 11.6 Å². The van der Waals surface area contributed by atoms with Crippen molar-refractivity contribution in [2.75, 3.05) is 13.2 Å². The monoisotopic (exact) mass is 323 g/mol. The number of rotatable bonds is 6. The topological polar surface area (TPSA) is 54.6 Å². The summed E-state index contributed by atoms with van der Waals surface area (Å²) >= 11 is 6.04. The molecule has 120 valence electrons. The summed E-state index contributed by atoms with van der Waals surface area (Å²) < 4.78 is 10.9. The van der Waals surface area contributed by atoms with Gasteiger partial charge in [-0.15, -0.1) is 0 Å². The van der Waals surface area contributed by atoms with E-state index in [0.29, 0.717) is 17.3 Å². The minimum Gasteiger partial charge on any atom is -0.490 e. The summed E-state index contributed by atoms with van der Waals surface area (Å²) in [6.45, 7) is 6.80. The molecule has 1 unspecified atom stereocenters. The fraction of sp³-hybridized carbons (Fsp3) is 0.412. The molecule has 22 heavy (non-hydrogen) atoms. The van der Waals surface area contributed by atoms with Crippen molar-refractivity contribution in [2.24, 2.45) is 0 Å². The number of aliphatic hydroxyl groups excluding tert-OH is 1. The summed E-state index contributed by atoms with van der Waals surface area (Å²) in [5.74, 6) is 0.628. The van der Waals surface area contributed by atoms with Crippen molar-refractivity contribution in [1.82, 2.24) is 5.32 Å². The molecular formula is C17H22ClNO3. The van der Waals surface area contributed by atoms with Crippen LogP contribution in [0.15, 0.2) is 41.2 Å². The highest BCUT2D eigenvalue weighted by molar-refractivity contribution is 6.30. The molecule has 0 saturated carbocycles. The lowest BCUT2D eigenvalue weighted by Gasteiger charge is -2.23. The van der Waals surface area contributed by atoms with Crippen LogP contribution in [0.1, 0.15) is 20.8 Å². The number of ether oxygens (including phenoxy) is 1. The highest BCUT2D eigenvalue weighted by Crippen LogP contribution is 2.32. The Morgan fingerprint density at radius 3 is 2.73 bits per heavy atom. The second kappa shape index (κ2) is 7.18. The molecule has 0 fully saturated rings.